The van der Waals surface area contributed by atoms with Crippen LogP contribution in [-0.4, -0.2) is 32.6 Å². The SMILES string of the molecule is CCCCCCCCOc1ccc(C(=O)Oc2ccc(OC(=O)c3ccc(OC(C)[n+]4ccc(N(C)C)cc4)cc3)cc2)cc1. The molecule has 8 heteroatoms. The zero-order valence-corrected chi connectivity index (χ0v) is 26.6. The molecular formula is C37H43N2O6+. The van der Waals surface area contributed by atoms with Crippen LogP contribution in [-0.2, 0) is 0 Å². The molecule has 0 aliphatic carbocycles. The third-order valence-corrected chi connectivity index (χ3v) is 7.27. The Bertz CT molecular complexity index is 1480. The van der Waals surface area contributed by atoms with Crippen molar-refractivity contribution >= 4 is 17.6 Å². The van der Waals surface area contributed by atoms with Crippen LogP contribution in [0.5, 0.6) is 23.0 Å². The summed E-state index contributed by atoms with van der Waals surface area (Å²) in [6, 6.07) is 24.1. The number of rotatable bonds is 16. The van der Waals surface area contributed by atoms with Gasteiger partial charge in [0, 0.05) is 38.8 Å². The van der Waals surface area contributed by atoms with E-state index < -0.39 is 11.9 Å². The van der Waals surface area contributed by atoms with Gasteiger partial charge in [-0.2, -0.15) is 4.57 Å². The third kappa shape index (κ3) is 10.4. The maximum Gasteiger partial charge on any atom is 0.343 e. The van der Waals surface area contributed by atoms with Gasteiger partial charge in [-0.3, -0.25) is 0 Å². The lowest BCUT2D eigenvalue weighted by Crippen LogP contribution is -2.40. The lowest BCUT2D eigenvalue weighted by Gasteiger charge is -2.13. The van der Waals surface area contributed by atoms with Crippen LogP contribution in [0.2, 0.25) is 0 Å². The summed E-state index contributed by atoms with van der Waals surface area (Å²) in [4.78, 5) is 27.3. The Balaban J connectivity index is 1.21. The highest BCUT2D eigenvalue weighted by molar-refractivity contribution is 5.92. The number of unbranched alkanes of at least 4 members (excludes halogenated alkanes) is 5. The summed E-state index contributed by atoms with van der Waals surface area (Å²) in [5.41, 5.74) is 1.90. The van der Waals surface area contributed by atoms with Crippen LogP contribution in [0.15, 0.2) is 97.3 Å². The monoisotopic (exact) mass is 611 g/mol. The Morgan fingerprint density at radius 3 is 1.62 bits per heavy atom. The Morgan fingerprint density at radius 1 is 0.644 bits per heavy atom. The second kappa shape index (κ2) is 16.9. The van der Waals surface area contributed by atoms with Crippen molar-refractivity contribution in [3.8, 4) is 23.0 Å². The lowest BCUT2D eigenvalue weighted by molar-refractivity contribution is -0.749. The van der Waals surface area contributed by atoms with Crippen LogP contribution >= 0.6 is 0 Å². The van der Waals surface area contributed by atoms with Crippen molar-refractivity contribution in [2.75, 3.05) is 25.6 Å². The molecule has 0 radical (unpaired) electrons. The minimum absolute atomic E-state index is 0.236. The molecule has 1 atom stereocenters. The molecule has 0 amide bonds. The number of hydrogen-bond acceptors (Lipinski definition) is 7. The smallest absolute Gasteiger partial charge is 0.343 e. The highest BCUT2D eigenvalue weighted by Crippen LogP contribution is 2.22. The number of carbonyl (C=O) groups is 2. The summed E-state index contributed by atoms with van der Waals surface area (Å²) in [5, 5.41) is 0. The molecule has 0 saturated carbocycles. The van der Waals surface area contributed by atoms with Crippen molar-refractivity contribution < 1.29 is 33.1 Å². The zero-order chi connectivity index (χ0) is 32.0. The van der Waals surface area contributed by atoms with Crippen molar-refractivity contribution in [1.29, 1.82) is 0 Å². The molecule has 4 rings (SSSR count). The third-order valence-electron chi connectivity index (χ3n) is 7.27. The van der Waals surface area contributed by atoms with E-state index in [0.717, 1.165) is 24.3 Å². The standard InChI is InChI=1S/C37H43N2O6/c1-5-6-7-8-9-10-27-42-32-15-11-29(12-16-32)36(40)44-34-19-21-35(22-20-34)45-37(41)30-13-17-33(18-14-30)43-28(2)39-25-23-31(24-26-39)38(3)4/h11-26,28H,5-10,27H2,1-4H3/q+1. The molecule has 0 N–H and O–H groups in total. The van der Waals surface area contributed by atoms with Gasteiger partial charge in [-0.25, -0.2) is 9.59 Å². The van der Waals surface area contributed by atoms with E-state index in [1.54, 1.807) is 72.8 Å². The van der Waals surface area contributed by atoms with Gasteiger partial charge in [-0.1, -0.05) is 39.0 Å². The van der Waals surface area contributed by atoms with Gasteiger partial charge in [0.15, 0.2) is 12.4 Å². The summed E-state index contributed by atoms with van der Waals surface area (Å²) in [5.74, 6) is 1.04. The summed E-state index contributed by atoms with van der Waals surface area (Å²) in [6.07, 6.45) is 10.9. The van der Waals surface area contributed by atoms with E-state index in [1.807, 2.05) is 55.0 Å². The first-order chi connectivity index (χ1) is 21.8. The lowest BCUT2D eigenvalue weighted by atomic mass is 10.1. The Hall–Kier alpha value is -4.85. The van der Waals surface area contributed by atoms with Crippen molar-refractivity contribution in [2.45, 2.75) is 58.6 Å². The van der Waals surface area contributed by atoms with E-state index in [-0.39, 0.29) is 6.23 Å². The number of anilines is 1. The van der Waals surface area contributed by atoms with Crippen molar-refractivity contribution in [2.24, 2.45) is 0 Å². The second-order valence-corrected chi connectivity index (χ2v) is 11.0. The fraction of sp³-hybridized carbons (Fsp3) is 0.324. The first-order valence-electron chi connectivity index (χ1n) is 15.5. The summed E-state index contributed by atoms with van der Waals surface area (Å²) in [6.45, 7) is 4.82. The molecule has 1 aromatic heterocycles. The van der Waals surface area contributed by atoms with E-state index in [2.05, 4.69) is 6.92 Å². The molecule has 3 aromatic carbocycles. The molecule has 236 valence electrons. The molecule has 45 heavy (non-hydrogen) atoms. The minimum Gasteiger partial charge on any atom is -0.494 e. The van der Waals surface area contributed by atoms with Crippen LogP contribution < -0.4 is 28.4 Å². The molecule has 0 aliphatic heterocycles. The van der Waals surface area contributed by atoms with Gasteiger partial charge < -0.3 is 23.8 Å². The van der Waals surface area contributed by atoms with Crippen LogP contribution in [0, 0.1) is 0 Å². The Labute approximate surface area is 266 Å². The van der Waals surface area contributed by atoms with E-state index in [9.17, 15) is 9.59 Å². The number of carbonyl (C=O) groups excluding carboxylic acids is 2. The molecular weight excluding hydrogens is 568 g/mol. The number of aromatic nitrogens is 1. The van der Waals surface area contributed by atoms with Gasteiger partial charge in [0.1, 0.15) is 23.0 Å². The van der Waals surface area contributed by atoms with Gasteiger partial charge in [0.25, 0.3) is 6.23 Å². The van der Waals surface area contributed by atoms with Gasteiger partial charge in [-0.15, -0.1) is 0 Å². The van der Waals surface area contributed by atoms with Crippen LogP contribution in [0.1, 0.15) is 79.3 Å². The number of benzene rings is 3. The number of nitrogens with zero attached hydrogens (tertiary/aromatic N) is 2. The summed E-state index contributed by atoms with van der Waals surface area (Å²) < 4.78 is 24.8. The quantitative estimate of drug-likeness (QED) is 0.0553. The van der Waals surface area contributed by atoms with Crippen LogP contribution in [0.3, 0.4) is 0 Å². The minimum atomic E-state index is -0.508. The molecule has 0 saturated heterocycles. The number of ether oxygens (including phenoxy) is 4. The first-order valence-corrected chi connectivity index (χ1v) is 15.5. The number of pyridine rings is 1. The first kappa shape index (κ1) is 33.1. The predicted molar refractivity (Wildman–Crippen MR) is 174 cm³/mol. The molecule has 8 nitrogen and oxygen atoms in total. The maximum atomic E-state index is 12.7. The highest BCUT2D eigenvalue weighted by Gasteiger charge is 2.16. The predicted octanol–water partition coefficient (Wildman–Crippen LogP) is 7.82. The summed E-state index contributed by atoms with van der Waals surface area (Å²) in [7, 11) is 3.99. The molecule has 0 bridgehead atoms. The highest BCUT2D eigenvalue weighted by atomic mass is 16.5. The Morgan fingerprint density at radius 2 is 1.11 bits per heavy atom. The molecule has 0 fully saturated rings. The fourth-order valence-electron chi connectivity index (χ4n) is 4.57. The van der Waals surface area contributed by atoms with E-state index >= 15 is 0 Å². The maximum absolute atomic E-state index is 12.7. The van der Waals surface area contributed by atoms with Gasteiger partial charge in [0.05, 0.1) is 17.7 Å². The van der Waals surface area contributed by atoms with Gasteiger partial charge in [0.2, 0.25) is 0 Å². The van der Waals surface area contributed by atoms with E-state index in [0.29, 0.717) is 35.0 Å². The van der Waals surface area contributed by atoms with Crippen molar-refractivity contribution in [3.05, 3.63) is 108 Å². The van der Waals surface area contributed by atoms with Gasteiger partial charge >= 0.3 is 11.9 Å². The second-order valence-electron chi connectivity index (χ2n) is 11.0. The topological polar surface area (TPSA) is 78.2 Å². The molecule has 1 heterocycles. The van der Waals surface area contributed by atoms with Crippen molar-refractivity contribution in [3.63, 3.8) is 0 Å². The largest absolute Gasteiger partial charge is 0.494 e. The zero-order valence-electron chi connectivity index (χ0n) is 26.6. The molecule has 1 unspecified atom stereocenters. The van der Waals surface area contributed by atoms with Crippen LogP contribution in [0.25, 0.3) is 0 Å². The summed E-state index contributed by atoms with van der Waals surface area (Å²) >= 11 is 0. The fourth-order valence-corrected chi connectivity index (χ4v) is 4.57. The van der Waals surface area contributed by atoms with Gasteiger partial charge in [-0.05, 0) is 79.2 Å². The Kier molecular flexibility index (Phi) is 12.4. The molecule has 0 spiro atoms. The number of hydrogen-bond donors (Lipinski definition) is 0. The van der Waals surface area contributed by atoms with Crippen molar-refractivity contribution in [1.82, 2.24) is 0 Å². The molecule has 0 aliphatic rings. The number of esters is 2. The molecule has 4 aromatic rings. The normalized spacial score (nSPS) is 11.4. The average Bonchev–Trinajstić information content (AvgIpc) is 3.06. The van der Waals surface area contributed by atoms with Crippen LogP contribution in [0.4, 0.5) is 5.69 Å². The van der Waals surface area contributed by atoms with E-state index in [1.165, 1.54) is 25.7 Å². The van der Waals surface area contributed by atoms with E-state index in [4.69, 9.17) is 18.9 Å². The average molecular weight is 612 g/mol.